The predicted molar refractivity (Wildman–Crippen MR) is 84.9 cm³/mol. The van der Waals surface area contributed by atoms with Crippen LogP contribution in [0.15, 0.2) is 33.8 Å². The fourth-order valence-electron chi connectivity index (χ4n) is 2.12. The fraction of sp³-hybridized carbons (Fsp3) is 0.400. The molecule has 2 amide bonds. The van der Waals surface area contributed by atoms with Crippen LogP contribution < -0.4 is 5.43 Å². The molecule has 21 heavy (non-hydrogen) atoms. The summed E-state index contributed by atoms with van der Waals surface area (Å²) < 4.78 is 0.971. The van der Waals surface area contributed by atoms with E-state index in [2.05, 4.69) is 33.4 Å². The van der Waals surface area contributed by atoms with Gasteiger partial charge in [0.15, 0.2) is 0 Å². The van der Waals surface area contributed by atoms with E-state index in [4.69, 9.17) is 0 Å². The molecule has 2 rings (SSSR count). The number of hydrogen-bond acceptors (Lipinski definition) is 3. The molecule has 112 valence electrons. The Kier molecular flexibility index (Phi) is 5.50. The number of benzene rings is 1. The lowest BCUT2D eigenvalue weighted by Crippen LogP contribution is -2.45. The molecule has 1 aromatic carbocycles. The number of hydrogen-bond donors (Lipinski definition) is 1. The van der Waals surface area contributed by atoms with Crippen LogP contribution >= 0.6 is 15.9 Å². The van der Waals surface area contributed by atoms with Crippen molar-refractivity contribution in [2.75, 3.05) is 13.1 Å². The van der Waals surface area contributed by atoms with E-state index >= 15 is 0 Å². The lowest BCUT2D eigenvalue weighted by molar-refractivity contribution is -0.146. The summed E-state index contributed by atoms with van der Waals surface area (Å²) in [6, 6.07) is 7.47. The number of nitrogens with one attached hydrogen (secondary N) is 1. The van der Waals surface area contributed by atoms with Crippen molar-refractivity contribution in [2.24, 2.45) is 11.0 Å². The van der Waals surface area contributed by atoms with Crippen LogP contribution in [-0.2, 0) is 9.59 Å². The SMILES string of the molecule is CC1CCN(C(=O)C(=O)N/N=C\c2ccc(Br)cc2)CC1. The van der Waals surface area contributed by atoms with Gasteiger partial charge < -0.3 is 4.90 Å². The highest BCUT2D eigenvalue weighted by Gasteiger charge is 2.25. The van der Waals surface area contributed by atoms with Crippen LogP contribution in [0.4, 0.5) is 0 Å². The smallest absolute Gasteiger partial charge is 0.329 e. The normalized spacial score (nSPS) is 16.2. The summed E-state index contributed by atoms with van der Waals surface area (Å²) in [6.07, 6.45) is 3.40. The van der Waals surface area contributed by atoms with Gasteiger partial charge in [-0.05, 0) is 36.5 Å². The molecule has 1 aliphatic rings. The van der Waals surface area contributed by atoms with Gasteiger partial charge in [-0.1, -0.05) is 35.0 Å². The molecule has 0 unspecified atom stereocenters. The number of carbonyl (C=O) groups is 2. The number of nitrogens with zero attached hydrogens (tertiary/aromatic N) is 2. The number of rotatable bonds is 2. The van der Waals surface area contributed by atoms with Crippen molar-refractivity contribution in [1.82, 2.24) is 10.3 Å². The second-order valence-electron chi connectivity index (χ2n) is 5.23. The molecule has 0 spiro atoms. The number of carbonyl (C=O) groups excluding carboxylic acids is 2. The molecular formula is C15H18BrN3O2. The molecule has 1 aliphatic heterocycles. The van der Waals surface area contributed by atoms with E-state index in [1.54, 1.807) is 4.90 Å². The van der Waals surface area contributed by atoms with E-state index < -0.39 is 11.8 Å². The minimum absolute atomic E-state index is 0.505. The van der Waals surface area contributed by atoms with Gasteiger partial charge in [0.1, 0.15) is 0 Å². The van der Waals surface area contributed by atoms with Gasteiger partial charge in [-0.3, -0.25) is 9.59 Å². The molecule has 0 radical (unpaired) electrons. The van der Waals surface area contributed by atoms with Gasteiger partial charge in [0.2, 0.25) is 0 Å². The maximum atomic E-state index is 11.9. The summed E-state index contributed by atoms with van der Waals surface area (Å²) in [5.41, 5.74) is 3.13. The van der Waals surface area contributed by atoms with Gasteiger partial charge in [0.05, 0.1) is 6.21 Å². The van der Waals surface area contributed by atoms with Gasteiger partial charge in [-0.25, -0.2) is 5.43 Å². The molecule has 0 aliphatic carbocycles. The largest absolute Gasteiger partial charge is 0.334 e. The van der Waals surface area contributed by atoms with Crippen LogP contribution in [0, 0.1) is 5.92 Å². The van der Waals surface area contributed by atoms with Gasteiger partial charge >= 0.3 is 11.8 Å². The van der Waals surface area contributed by atoms with E-state index in [-0.39, 0.29) is 0 Å². The van der Waals surface area contributed by atoms with E-state index in [1.165, 1.54) is 6.21 Å². The van der Waals surface area contributed by atoms with Crippen molar-refractivity contribution in [1.29, 1.82) is 0 Å². The first-order valence-corrected chi connectivity index (χ1v) is 7.73. The Morgan fingerprint density at radius 2 is 1.90 bits per heavy atom. The first-order chi connectivity index (χ1) is 10.1. The lowest BCUT2D eigenvalue weighted by Gasteiger charge is -2.29. The summed E-state index contributed by atoms with van der Waals surface area (Å²) in [5.74, 6) is -0.569. The molecule has 6 heteroatoms. The number of hydrazone groups is 1. The quantitative estimate of drug-likeness (QED) is 0.504. The second kappa shape index (κ2) is 7.36. The molecule has 1 heterocycles. The van der Waals surface area contributed by atoms with Gasteiger partial charge in [0.25, 0.3) is 0 Å². The van der Waals surface area contributed by atoms with Crippen LogP contribution in [0.25, 0.3) is 0 Å². The van der Waals surface area contributed by atoms with Gasteiger partial charge in [-0.2, -0.15) is 5.10 Å². The average Bonchev–Trinajstić information content (AvgIpc) is 2.49. The highest BCUT2D eigenvalue weighted by atomic mass is 79.9. The van der Waals surface area contributed by atoms with Crippen molar-refractivity contribution in [3.8, 4) is 0 Å². The fourth-order valence-corrected chi connectivity index (χ4v) is 2.38. The summed E-state index contributed by atoms with van der Waals surface area (Å²) in [6.45, 7) is 3.44. The summed E-state index contributed by atoms with van der Waals surface area (Å²) in [5, 5.41) is 3.81. The summed E-state index contributed by atoms with van der Waals surface area (Å²) >= 11 is 3.34. The third-order valence-electron chi connectivity index (χ3n) is 3.51. The maximum absolute atomic E-state index is 11.9. The van der Waals surface area contributed by atoms with Crippen molar-refractivity contribution in [3.05, 3.63) is 34.3 Å². The number of likely N-dealkylation sites (tertiary alicyclic amines) is 1. The highest BCUT2D eigenvalue weighted by Crippen LogP contribution is 2.15. The van der Waals surface area contributed by atoms with Crippen molar-refractivity contribution in [2.45, 2.75) is 19.8 Å². The molecule has 1 saturated heterocycles. The topological polar surface area (TPSA) is 61.8 Å². The van der Waals surface area contributed by atoms with Crippen LogP contribution in [0.3, 0.4) is 0 Å². The molecule has 0 bridgehead atoms. The Balaban J connectivity index is 1.83. The minimum Gasteiger partial charge on any atom is -0.334 e. The number of amides is 2. The molecule has 1 N–H and O–H groups in total. The molecule has 0 aromatic heterocycles. The zero-order chi connectivity index (χ0) is 15.2. The van der Waals surface area contributed by atoms with E-state index in [9.17, 15) is 9.59 Å². The first-order valence-electron chi connectivity index (χ1n) is 6.94. The Morgan fingerprint density at radius 3 is 2.52 bits per heavy atom. The molecule has 5 nitrogen and oxygen atoms in total. The Hall–Kier alpha value is -1.69. The average molecular weight is 352 g/mol. The molecular weight excluding hydrogens is 334 g/mol. The van der Waals surface area contributed by atoms with Gasteiger partial charge in [0, 0.05) is 17.6 Å². The predicted octanol–water partition coefficient (Wildman–Crippen LogP) is 2.16. The lowest BCUT2D eigenvalue weighted by atomic mass is 9.99. The Morgan fingerprint density at radius 1 is 1.29 bits per heavy atom. The Bertz CT molecular complexity index is 534. The first kappa shape index (κ1) is 15.7. The van der Waals surface area contributed by atoms with Crippen LogP contribution in [0.1, 0.15) is 25.3 Å². The molecule has 0 atom stereocenters. The van der Waals surface area contributed by atoms with E-state index in [0.717, 1.165) is 22.9 Å². The zero-order valence-corrected chi connectivity index (χ0v) is 13.5. The van der Waals surface area contributed by atoms with Crippen LogP contribution in [-0.4, -0.2) is 36.0 Å². The van der Waals surface area contributed by atoms with Crippen LogP contribution in [0.5, 0.6) is 0 Å². The monoisotopic (exact) mass is 351 g/mol. The molecule has 1 fully saturated rings. The molecule has 1 aromatic rings. The van der Waals surface area contributed by atoms with Crippen molar-refractivity contribution in [3.63, 3.8) is 0 Å². The summed E-state index contributed by atoms with van der Waals surface area (Å²) in [7, 11) is 0. The minimum atomic E-state index is -0.682. The third kappa shape index (κ3) is 4.67. The van der Waals surface area contributed by atoms with Crippen LogP contribution in [0.2, 0.25) is 0 Å². The maximum Gasteiger partial charge on any atom is 0.329 e. The Labute approximate surface area is 132 Å². The number of piperidine rings is 1. The van der Waals surface area contributed by atoms with E-state index in [0.29, 0.717) is 19.0 Å². The van der Waals surface area contributed by atoms with Crippen molar-refractivity contribution >= 4 is 34.0 Å². The zero-order valence-electron chi connectivity index (χ0n) is 11.9. The second-order valence-corrected chi connectivity index (χ2v) is 6.14. The van der Waals surface area contributed by atoms with E-state index in [1.807, 2.05) is 24.3 Å². The standard InChI is InChI=1S/C15H18BrN3O2/c1-11-6-8-19(9-7-11)15(21)14(20)18-17-10-12-2-4-13(16)5-3-12/h2-5,10-11H,6-9H2,1H3,(H,18,20)/b17-10-. The third-order valence-corrected chi connectivity index (χ3v) is 4.04. The highest BCUT2D eigenvalue weighted by molar-refractivity contribution is 9.10. The van der Waals surface area contributed by atoms with Crippen molar-refractivity contribution < 1.29 is 9.59 Å². The van der Waals surface area contributed by atoms with Gasteiger partial charge in [-0.15, -0.1) is 0 Å². The number of halogens is 1. The summed E-state index contributed by atoms with van der Waals surface area (Å²) in [4.78, 5) is 25.3. The molecule has 0 saturated carbocycles.